The Hall–Kier alpha value is -18.4. The lowest BCUT2D eigenvalue weighted by molar-refractivity contribution is 1.21. The molecule has 6 heteroatoms. The normalized spacial score (nSPS) is 11.4. The van der Waals surface area contributed by atoms with E-state index in [2.05, 4.69) is 590 Å². The van der Waals surface area contributed by atoms with Crippen molar-refractivity contribution in [3.8, 4) is 33.4 Å². The summed E-state index contributed by atoms with van der Waals surface area (Å²) in [4.78, 5) is 14.0. The van der Waals surface area contributed by atoms with Crippen molar-refractivity contribution in [3.05, 3.63) is 540 Å². The molecule has 0 aliphatic rings. The zero-order valence-electron chi connectivity index (χ0n) is 78.6. The van der Waals surface area contributed by atoms with E-state index in [4.69, 9.17) is 0 Å². The minimum Gasteiger partial charge on any atom is -0.345 e. The van der Waals surface area contributed by atoms with E-state index in [-0.39, 0.29) is 0 Å². The standard InChI is InChI=1S/C49H34N2.2C43H32N2/c1-50(46-32-31-44-42-19-8-16-36-15-7-18-41(48(36)42)43-20-10-21-45(46)49(43)44)37-27-29-39(30-28-37)51(47-22-9-14-35-13-5-6-17-40(35)47)38-25-23-34(24-26-38)33-11-3-2-4-12-33;1-44(43-30-34-15-6-7-17-38(34)40-19-9-10-20-41(40)43)35-26-28-37(29-27-35)45(42-21-11-16-33-14-5-8-18-39(33)42)36-24-22-32(23-25-36)31-12-3-2-4-13-31;1-44(41-23-20-36-28-34-13-5-6-14-35(34)29-37(36)30-41)38-24-26-40(27-25-38)45(43-17-9-15-33-12-7-8-16-42(33)43)39-21-18-32(19-22-39)31-10-3-2-4-11-31/h2-32H,1H3;2*2-30H,1H3. The second kappa shape index (κ2) is 37.4. The van der Waals surface area contributed by atoms with E-state index >= 15 is 0 Å². The maximum atomic E-state index is 2.38. The van der Waals surface area contributed by atoms with E-state index in [1.807, 2.05) is 0 Å². The summed E-state index contributed by atoms with van der Waals surface area (Å²) >= 11 is 0. The van der Waals surface area contributed by atoms with E-state index in [1.54, 1.807) is 0 Å². The van der Waals surface area contributed by atoms with Crippen LogP contribution in [-0.2, 0) is 0 Å². The average Bonchev–Trinajstić information content (AvgIpc) is 0.714. The molecule has 26 rings (SSSR count). The Morgan fingerprint density at radius 2 is 0.383 bits per heavy atom. The number of fused-ring (bicyclic) bond motifs is 10. The highest BCUT2D eigenvalue weighted by atomic mass is 15.2. The Kier molecular flexibility index (Phi) is 22.7. The van der Waals surface area contributed by atoms with Crippen molar-refractivity contribution in [2.45, 2.75) is 0 Å². The number of rotatable bonds is 18. The largest absolute Gasteiger partial charge is 0.345 e. The van der Waals surface area contributed by atoms with E-state index < -0.39 is 0 Å². The van der Waals surface area contributed by atoms with Gasteiger partial charge in [0.05, 0.1) is 17.1 Å². The first-order chi connectivity index (χ1) is 69.7. The van der Waals surface area contributed by atoms with Crippen LogP contribution in [-0.4, -0.2) is 21.1 Å². The molecular weight excluding hydrogens is 1710 g/mol. The molecule has 0 bridgehead atoms. The molecule has 0 saturated carbocycles. The highest BCUT2D eigenvalue weighted by molar-refractivity contribution is 6.34. The van der Waals surface area contributed by atoms with Crippen LogP contribution in [0.2, 0.25) is 0 Å². The van der Waals surface area contributed by atoms with Crippen LogP contribution < -0.4 is 29.4 Å². The van der Waals surface area contributed by atoms with Gasteiger partial charge < -0.3 is 29.4 Å². The number of hydrogen-bond donors (Lipinski definition) is 0. The Morgan fingerprint density at radius 3 is 0.816 bits per heavy atom. The van der Waals surface area contributed by atoms with Gasteiger partial charge in [-0.25, -0.2) is 0 Å². The van der Waals surface area contributed by atoms with Gasteiger partial charge in [0.2, 0.25) is 0 Å². The van der Waals surface area contributed by atoms with Crippen molar-refractivity contribution in [2.75, 3.05) is 50.5 Å². The molecule has 0 heterocycles. The molecule has 6 nitrogen and oxygen atoms in total. The van der Waals surface area contributed by atoms with Crippen LogP contribution in [0, 0.1) is 0 Å². The lowest BCUT2D eigenvalue weighted by Gasteiger charge is -2.28. The molecular formula is C135H98N6. The minimum atomic E-state index is 1.11. The lowest BCUT2D eigenvalue weighted by atomic mass is 9.89. The Bertz CT molecular complexity index is 9010. The van der Waals surface area contributed by atoms with E-state index in [9.17, 15) is 0 Å². The SMILES string of the molecule is CN(c1ccc(N(c2ccc(-c3ccccc3)cc2)c2cccc3ccccc23)cc1)c1cc2ccccc2c2ccccc12.CN(c1ccc(N(c2ccc(-c3ccccc3)cc2)c2cccc3ccccc23)cc1)c1ccc2c3cccc4cccc(c5cccc1c52)c43.CN(c1ccc(N(c2ccc(-c3ccccc3)cc2)c2cccc3ccccc23)cc1)c1ccc2cc3ccccc3cc2c1. The molecule has 0 amide bonds. The molecule has 0 atom stereocenters. The highest BCUT2D eigenvalue weighted by Crippen LogP contribution is 2.49. The molecule has 26 aromatic rings. The molecule has 0 aliphatic carbocycles. The summed E-state index contributed by atoms with van der Waals surface area (Å²) in [6, 6.07) is 195. The predicted molar refractivity (Wildman–Crippen MR) is 607 cm³/mol. The monoisotopic (exact) mass is 1800 g/mol. The first kappa shape index (κ1) is 85.6. The molecule has 0 N–H and O–H groups in total. The summed E-state index contributed by atoms with van der Waals surface area (Å²) in [5.41, 5.74) is 24.4. The molecule has 668 valence electrons. The van der Waals surface area contributed by atoms with Crippen molar-refractivity contribution in [3.63, 3.8) is 0 Å². The number of anilines is 15. The first-order valence-corrected chi connectivity index (χ1v) is 48.4. The maximum Gasteiger partial charge on any atom is 0.0540 e. The molecule has 0 saturated heterocycles. The third-order valence-corrected chi connectivity index (χ3v) is 28.3. The topological polar surface area (TPSA) is 19.4 Å². The van der Waals surface area contributed by atoms with E-state index in [0.29, 0.717) is 0 Å². The van der Waals surface area contributed by atoms with Crippen LogP contribution in [0.15, 0.2) is 540 Å². The number of hydrogen-bond acceptors (Lipinski definition) is 6. The zero-order chi connectivity index (χ0) is 94.2. The fourth-order valence-corrected chi connectivity index (χ4v) is 21.1. The van der Waals surface area contributed by atoms with Crippen LogP contribution in [0.4, 0.5) is 85.3 Å². The van der Waals surface area contributed by atoms with Crippen LogP contribution >= 0.6 is 0 Å². The molecule has 0 fully saturated rings. The van der Waals surface area contributed by atoms with Crippen LogP contribution in [0.5, 0.6) is 0 Å². The Labute approximate surface area is 821 Å². The number of benzene rings is 26. The third kappa shape index (κ3) is 16.4. The van der Waals surface area contributed by atoms with Crippen molar-refractivity contribution in [2.24, 2.45) is 0 Å². The lowest BCUT2D eigenvalue weighted by Crippen LogP contribution is -2.12. The fourth-order valence-electron chi connectivity index (χ4n) is 21.1. The number of nitrogens with zero attached hydrogens (tertiary/aromatic N) is 6. The predicted octanol–water partition coefficient (Wildman–Crippen LogP) is 37.9. The third-order valence-electron chi connectivity index (χ3n) is 28.3. The van der Waals surface area contributed by atoms with E-state index in [1.165, 1.54) is 163 Å². The molecule has 0 radical (unpaired) electrons. The van der Waals surface area contributed by atoms with Crippen molar-refractivity contribution >= 4 is 204 Å². The van der Waals surface area contributed by atoms with Crippen LogP contribution in [0.25, 0.3) is 152 Å². The molecule has 141 heavy (non-hydrogen) atoms. The van der Waals surface area contributed by atoms with Gasteiger partial charge >= 0.3 is 0 Å². The second-order valence-corrected chi connectivity index (χ2v) is 36.4. The Balaban J connectivity index is 0.000000115. The van der Waals surface area contributed by atoms with Gasteiger partial charge in [0.1, 0.15) is 0 Å². The van der Waals surface area contributed by atoms with Gasteiger partial charge in [0.25, 0.3) is 0 Å². The minimum absolute atomic E-state index is 1.11. The highest BCUT2D eigenvalue weighted by Gasteiger charge is 2.24. The summed E-state index contributed by atoms with van der Waals surface area (Å²) in [6.45, 7) is 0. The van der Waals surface area contributed by atoms with Gasteiger partial charge in [-0.05, 0) is 289 Å². The summed E-state index contributed by atoms with van der Waals surface area (Å²) in [6.07, 6.45) is 0. The average molecular weight is 1800 g/mol. The van der Waals surface area contributed by atoms with Gasteiger partial charge in [-0.2, -0.15) is 0 Å². The van der Waals surface area contributed by atoms with Gasteiger partial charge in [0.15, 0.2) is 0 Å². The van der Waals surface area contributed by atoms with Crippen LogP contribution in [0.1, 0.15) is 0 Å². The molecule has 0 aromatic heterocycles. The molecule has 0 spiro atoms. The van der Waals surface area contributed by atoms with Gasteiger partial charge in [0, 0.05) is 116 Å². The summed E-state index contributed by atoms with van der Waals surface area (Å²) in [5, 5.41) is 27.9. The van der Waals surface area contributed by atoms with Gasteiger partial charge in [-0.1, -0.05) is 376 Å². The molecule has 0 unspecified atom stereocenters. The van der Waals surface area contributed by atoms with Crippen LogP contribution in [0.3, 0.4) is 0 Å². The van der Waals surface area contributed by atoms with Crippen molar-refractivity contribution in [1.82, 2.24) is 0 Å². The molecule has 0 aliphatic heterocycles. The zero-order valence-corrected chi connectivity index (χ0v) is 78.6. The Morgan fingerprint density at radius 1 is 0.113 bits per heavy atom. The van der Waals surface area contributed by atoms with Crippen molar-refractivity contribution < 1.29 is 0 Å². The smallest absolute Gasteiger partial charge is 0.0540 e. The first-order valence-electron chi connectivity index (χ1n) is 48.4. The summed E-state index contributed by atoms with van der Waals surface area (Å²) in [7, 11) is 6.49. The summed E-state index contributed by atoms with van der Waals surface area (Å²) in [5.74, 6) is 0. The maximum absolute atomic E-state index is 2.38. The van der Waals surface area contributed by atoms with Crippen molar-refractivity contribution in [1.29, 1.82) is 0 Å². The summed E-state index contributed by atoms with van der Waals surface area (Å²) < 4.78 is 0. The van der Waals surface area contributed by atoms with E-state index in [0.717, 1.165) is 73.9 Å². The molecule has 26 aromatic carbocycles. The fraction of sp³-hybridized carbons (Fsp3) is 0.0222. The second-order valence-electron chi connectivity index (χ2n) is 36.4. The quantitative estimate of drug-likeness (QED) is 0.0625. The van der Waals surface area contributed by atoms with Gasteiger partial charge in [-0.3, -0.25) is 0 Å². The van der Waals surface area contributed by atoms with Gasteiger partial charge in [-0.15, -0.1) is 0 Å².